The third-order valence-electron chi connectivity index (χ3n) is 3.28. The number of ether oxygens (including phenoxy) is 1. The molecule has 6 heteroatoms. The van der Waals surface area contributed by atoms with Crippen molar-refractivity contribution in [3.63, 3.8) is 0 Å². The van der Waals surface area contributed by atoms with Crippen LogP contribution in [0.4, 0.5) is 5.82 Å². The van der Waals surface area contributed by atoms with Crippen LogP contribution >= 0.6 is 11.8 Å². The van der Waals surface area contributed by atoms with Crippen LogP contribution in [0.2, 0.25) is 0 Å². The fraction of sp³-hybridized carbons (Fsp3) is 0.118. The molecule has 1 aliphatic rings. The lowest BCUT2D eigenvalue weighted by atomic mass is 10.2. The number of pyridine rings is 1. The molecule has 1 amide bonds. The first-order chi connectivity index (χ1) is 11.2. The first-order valence-electron chi connectivity index (χ1n) is 6.99. The van der Waals surface area contributed by atoms with E-state index in [1.807, 2.05) is 42.5 Å². The number of carbonyl (C=O) groups excluding carboxylic acids is 1. The molecule has 1 aromatic carbocycles. The summed E-state index contributed by atoms with van der Waals surface area (Å²) in [5, 5.41) is 0.619. The van der Waals surface area contributed by atoms with Crippen LogP contribution in [0, 0.1) is 0 Å². The molecule has 1 aliphatic heterocycles. The molecule has 0 radical (unpaired) electrons. The Balaban J connectivity index is 1.85. The highest BCUT2D eigenvalue weighted by atomic mass is 32.2. The molecular formula is C17H15N3O2S. The summed E-state index contributed by atoms with van der Waals surface area (Å²) >= 11 is 1.34. The van der Waals surface area contributed by atoms with Gasteiger partial charge in [-0.1, -0.05) is 18.2 Å². The number of amidine groups is 1. The maximum absolute atomic E-state index is 12.3. The molecule has 0 bridgehead atoms. The van der Waals surface area contributed by atoms with E-state index in [0.717, 1.165) is 11.3 Å². The molecule has 0 aliphatic carbocycles. The Bertz CT molecular complexity index is 770. The number of likely N-dealkylation sites (N-methyl/N-ethyl adjacent to an activating group) is 1. The third-order valence-corrected chi connectivity index (χ3v) is 4.34. The van der Waals surface area contributed by atoms with Gasteiger partial charge in [0, 0.05) is 13.2 Å². The van der Waals surface area contributed by atoms with Crippen LogP contribution in [0.5, 0.6) is 5.75 Å². The zero-order valence-corrected chi connectivity index (χ0v) is 13.6. The fourth-order valence-corrected chi connectivity index (χ4v) is 3.00. The second-order valence-corrected chi connectivity index (χ2v) is 5.84. The number of carbonyl (C=O) groups is 1. The van der Waals surface area contributed by atoms with Crippen LogP contribution in [0.3, 0.4) is 0 Å². The molecule has 0 N–H and O–H groups in total. The molecule has 2 heterocycles. The summed E-state index contributed by atoms with van der Waals surface area (Å²) in [5.41, 5.74) is 0.939. The van der Waals surface area contributed by atoms with Gasteiger partial charge in [0.2, 0.25) is 0 Å². The lowest BCUT2D eigenvalue weighted by Crippen LogP contribution is -2.23. The number of aromatic nitrogens is 1. The van der Waals surface area contributed by atoms with E-state index >= 15 is 0 Å². The molecule has 23 heavy (non-hydrogen) atoms. The first kappa shape index (κ1) is 15.3. The van der Waals surface area contributed by atoms with Crippen molar-refractivity contribution in [2.75, 3.05) is 14.2 Å². The fourth-order valence-electron chi connectivity index (χ4n) is 2.02. The normalized spacial score (nSPS) is 18.0. The van der Waals surface area contributed by atoms with Gasteiger partial charge in [-0.2, -0.15) is 0 Å². The van der Waals surface area contributed by atoms with Crippen LogP contribution in [0.1, 0.15) is 5.56 Å². The van der Waals surface area contributed by atoms with Gasteiger partial charge < -0.3 is 4.74 Å². The summed E-state index contributed by atoms with van der Waals surface area (Å²) in [6.07, 6.45) is 3.53. The van der Waals surface area contributed by atoms with E-state index in [0.29, 0.717) is 15.9 Å². The Morgan fingerprint density at radius 2 is 2.00 bits per heavy atom. The van der Waals surface area contributed by atoms with E-state index in [4.69, 9.17) is 4.74 Å². The van der Waals surface area contributed by atoms with Crippen molar-refractivity contribution in [2.45, 2.75) is 0 Å². The van der Waals surface area contributed by atoms with Crippen molar-refractivity contribution in [3.05, 3.63) is 59.1 Å². The topological polar surface area (TPSA) is 54.8 Å². The van der Waals surface area contributed by atoms with Crippen LogP contribution in [0.15, 0.2) is 58.6 Å². The highest BCUT2D eigenvalue weighted by Gasteiger charge is 2.30. The van der Waals surface area contributed by atoms with Crippen LogP contribution in [-0.4, -0.2) is 35.1 Å². The number of aliphatic imine (C=N–C) groups is 1. The molecule has 1 fully saturated rings. The number of thioether (sulfide) groups is 1. The number of nitrogens with zero attached hydrogens (tertiary/aromatic N) is 3. The predicted octanol–water partition coefficient (Wildman–Crippen LogP) is 3.32. The average molecular weight is 325 g/mol. The lowest BCUT2D eigenvalue weighted by molar-refractivity contribution is -0.121. The number of rotatable bonds is 3. The van der Waals surface area contributed by atoms with E-state index in [9.17, 15) is 4.79 Å². The molecule has 1 aromatic heterocycles. The number of hydrogen-bond donors (Lipinski definition) is 0. The first-order valence-corrected chi connectivity index (χ1v) is 7.80. The van der Waals surface area contributed by atoms with Gasteiger partial charge in [-0.3, -0.25) is 9.69 Å². The highest BCUT2D eigenvalue weighted by Crippen LogP contribution is 2.32. The van der Waals surface area contributed by atoms with E-state index in [1.165, 1.54) is 16.7 Å². The SMILES string of the molecule is COc1ccc(/C=C2\S/C(=N/c3ccccn3)N(C)C2=O)cc1. The van der Waals surface area contributed by atoms with Gasteiger partial charge in [-0.15, -0.1) is 0 Å². The highest BCUT2D eigenvalue weighted by molar-refractivity contribution is 8.18. The van der Waals surface area contributed by atoms with Gasteiger partial charge in [0.25, 0.3) is 5.91 Å². The van der Waals surface area contributed by atoms with E-state index in [2.05, 4.69) is 9.98 Å². The van der Waals surface area contributed by atoms with Crippen molar-refractivity contribution in [1.82, 2.24) is 9.88 Å². The standard InChI is InChI=1S/C17H15N3O2S/c1-20-16(21)14(11-12-6-8-13(22-2)9-7-12)23-17(20)19-15-5-3-4-10-18-15/h3-11H,1-2H3/b14-11-,19-17+. The Kier molecular flexibility index (Phi) is 4.43. The summed E-state index contributed by atoms with van der Waals surface area (Å²) in [6, 6.07) is 13.0. The Labute approximate surface area is 138 Å². The molecule has 0 saturated carbocycles. The van der Waals surface area contributed by atoms with Gasteiger partial charge in [0.05, 0.1) is 12.0 Å². The van der Waals surface area contributed by atoms with E-state index in [-0.39, 0.29) is 5.91 Å². The summed E-state index contributed by atoms with van der Waals surface area (Å²) in [7, 11) is 3.34. The Morgan fingerprint density at radius 1 is 1.22 bits per heavy atom. The summed E-state index contributed by atoms with van der Waals surface area (Å²) in [6.45, 7) is 0. The van der Waals surface area contributed by atoms with Gasteiger partial charge >= 0.3 is 0 Å². The van der Waals surface area contributed by atoms with Gasteiger partial charge in [-0.05, 0) is 47.7 Å². The monoisotopic (exact) mass is 325 g/mol. The van der Waals surface area contributed by atoms with Crippen LogP contribution < -0.4 is 4.74 Å². The second kappa shape index (κ2) is 6.66. The smallest absolute Gasteiger partial charge is 0.266 e. The van der Waals surface area contributed by atoms with Crippen molar-refractivity contribution in [2.24, 2.45) is 4.99 Å². The molecule has 0 atom stereocenters. The molecule has 1 saturated heterocycles. The van der Waals surface area contributed by atoms with Crippen molar-refractivity contribution in [1.29, 1.82) is 0 Å². The molecule has 0 unspecified atom stereocenters. The summed E-state index contributed by atoms with van der Waals surface area (Å²) < 4.78 is 5.13. The van der Waals surface area contributed by atoms with E-state index < -0.39 is 0 Å². The number of amides is 1. The van der Waals surface area contributed by atoms with Gasteiger partial charge in [-0.25, -0.2) is 9.98 Å². The average Bonchev–Trinajstić information content (AvgIpc) is 2.84. The molecule has 3 rings (SSSR count). The van der Waals surface area contributed by atoms with Crippen molar-refractivity contribution in [3.8, 4) is 5.75 Å². The van der Waals surface area contributed by atoms with Gasteiger partial charge in [0.1, 0.15) is 5.75 Å². The molecule has 2 aromatic rings. The zero-order valence-electron chi connectivity index (χ0n) is 12.8. The predicted molar refractivity (Wildman–Crippen MR) is 92.7 cm³/mol. The number of benzene rings is 1. The minimum atomic E-state index is -0.0690. The number of methoxy groups -OCH3 is 1. The third kappa shape index (κ3) is 3.43. The van der Waals surface area contributed by atoms with Crippen LogP contribution in [-0.2, 0) is 4.79 Å². The summed E-state index contributed by atoms with van der Waals surface area (Å²) in [5.74, 6) is 1.30. The summed E-state index contributed by atoms with van der Waals surface area (Å²) in [4.78, 5) is 23.1. The quantitative estimate of drug-likeness (QED) is 0.812. The molecular weight excluding hydrogens is 310 g/mol. The minimum absolute atomic E-state index is 0.0690. The van der Waals surface area contributed by atoms with Crippen molar-refractivity contribution >= 4 is 34.7 Å². The lowest BCUT2D eigenvalue weighted by Gasteiger charge is -2.06. The molecule has 5 nitrogen and oxygen atoms in total. The molecule has 0 spiro atoms. The van der Waals surface area contributed by atoms with E-state index in [1.54, 1.807) is 26.4 Å². The minimum Gasteiger partial charge on any atom is -0.497 e. The van der Waals surface area contributed by atoms with Crippen molar-refractivity contribution < 1.29 is 9.53 Å². The number of hydrogen-bond acceptors (Lipinski definition) is 5. The molecule has 116 valence electrons. The maximum atomic E-state index is 12.3. The Hall–Kier alpha value is -2.60. The maximum Gasteiger partial charge on any atom is 0.266 e. The largest absolute Gasteiger partial charge is 0.497 e. The van der Waals surface area contributed by atoms with Gasteiger partial charge in [0.15, 0.2) is 11.0 Å². The second-order valence-electron chi connectivity index (χ2n) is 4.83. The zero-order chi connectivity index (χ0) is 16.2. The Morgan fingerprint density at radius 3 is 2.65 bits per heavy atom. The van der Waals surface area contributed by atoms with Crippen LogP contribution in [0.25, 0.3) is 6.08 Å².